The largest absolute Gasteiger partial charge is 0.432 e. The number of aromatic nitrogens is 4. The molecule has 0 aliphatic heterocycles. The molecular formula is C31H30F3N7O. The molecule has 2 heterocycles. The maximum atomic E-state index is 13.8. The van der Waals surface area contributed by atoms with E-state index in [0.29, 0.717) is 17.9 Å². The molecule has 1 amide bonds. The molecule has 0 radical (unpaired) electrons. The van der Waals surface area contributed by atoms with Crippen LogP contribution in [0.1, 0.15) is 45.3 Å². The van der Waals surface area contributed by atoms with Crippen molar-refractivity contribution in [3.05, 3.63) is 132 Å². The van der Waals surface area contributed by atoms with Gasteiger partial charge >= 0.3 is 6.18 Å². The fourth-order valence-corrected chi connectivity index (χ4v) is 4.74. The molecule has 0 aliphatic rings. The van der Waals surface area contributed by atoms with Crippen LogP contribution in [-0.2, 0) is 19.3 Å². The van der Waals surface area contributed by atoms with Crippen LogP contribution < -0.4 is 16.0 Å². The van der Waals surface area contributed by atoms with E-state index in [4.69, 9.17) is 5.73 Å². The number of rotatable bonds is 11. The van der Waals surface area contributed by atoms with Crippen LogP contribution in [0.5, 0.6) is 0 Å². The summed E-state index contributed by atoms with van der Waals surface area (Å²) in [4.78, 5) is 19.2. The third kappa shape index (κ3) is 6.76. The van der Waals surface area contributed by atoms with E-state index in [1.165, 1.54) is 4.90 Å². The zero-order chi connectivity index (χ0) is 29.5. The molecule has 0 aliphatic carbocycles. The van der Waals surface area contributed by atoms with Crippen LogP contribution in [-0.4, -0.2) is 32.2 Å². The van der Waals surface area contributed by atoms with Gasteiger partial charge in [-0.25, -0.2) is 4.98 Å². The van der Waals surface area contributed by atoms with Gasteiger partial charge in [0.1, 0.15) is 5.69 Å². The van der Waals surface area contributed by atoms with Gasteiger partial charge in [-0.1, -0.05) is 54.6 Å². The van der Waals surface area contributed by atoms with Crippen molar-refractivity contribution >= 4 is 17.3 Å². The highest BCUT2D eigenvalue weighted by Gasteiger charge is 2.35. The molecule has 4 N–H and O–H groups in total. The molecule has 11 heteroatoms. The SMILES string of the molecule is NCc1cccc(N(C(=O)c2cc(C(F)(F)F)[nH]n2)c2cccc([C@@H](NCCCn3ccnc3)c3ccccc3)c2)c1. The van der Waals surface area contributed by atoms with Gasteiger partial charge in [0.25, 0.3) is 5.91 Å². The van der Waals surface area contributed by atoms with Gasteiger partial charge in [0.05, 0.1) is 12.4 Å². The molecule has 0 bridgehead atoms. The number of benzene rings is 3. The molecule has 0 saturated heterocycles. The summed E-state index contributed by atoms with van der Waals surface area (Å²) in [6.07, 6.45) is 1.63. The molecule has 5 rings (SSSR count). The summed E-state index contributed by atoms with van der Waals surface area (Å²) in [7, 11) is 0. The predicted molar refractivity (Wildman–Crippen MR) is 154 cm³/mol. The van der Waals surface area contributed by atoms with Crippen LogP contribution in [0.4, 0.5) is 24.5 Å². The number of anilines is 2. The normalized spacial score (nSPS) is 12.3. The van der Waals surface area contributed by atoms with Crippen LogP contribution in [0.3, 0.4) is 0 Å². The molecule has 5 aromatic rings. The number of aryl methyl sites for hydroxylation is 1. The minimum atomic E-state index is -4.66. The van der Waals surface area contributed by atoms with E-state index in [2.05, 4.69) is 15.4 Å². The number of hydrogen-bond acceptors (Lipinski definition) is 5. The Morgan fingerprint density at radius 3 is 2.40 bits per heavy atom. The van der Waals surface area contributed by atoms with Gasteiger partial charge in [0, 0.05) is 42.9 Å². The highest BCUT2D eigenvalue weighted by molar-refractivity contribution is 6.10. The van der Waals surface area contributed by atoms with Gasteiger partial charge in [-0.3, -0.25) is 14.8 Å². The van der Waals surface area contributed by atoms with E-state index < -0.39 is 17.8 Å². The Bertz CT molecular complexity index is 1600. The standard InChI is InChI=1S/C31H30F3N7O/c32-31(33,34)28-19-27(38-39-28)30(42)41(25-11-4-7-22(17-25)20-35)26-12-5-10-24(18-26)29(23-8-2-1-3-9-23)37-13-6-15-40-16-14-36-21-40/h1-5,7-12,14,16-19,21,29,37H,6,13,15,20,35H2,(H,38,39)/t29-/m0/s1. The Labute approximate surface area is 241 Å². The van der Waals surface area contributed by atoms with Gasteiger partial charge in [-0.05, 0) is 53.9 Å². The maximum absolute atomic E-state index is 13.8. The number of aromatic amines is 1. The van der Waals surface area contributed by atoms with Gasteiger partial charge in [0.2, 0.25) is 0 Å². The first-order chi connectivity index (χ1) is 20.3. The lowest BCUT2D eigenvalue weighted by Gasteiger charge is -2.25. The van der Waals surface area contributed by atoms with Gasteiger partial charge < -0.3 is 15.6 Å². The quantitative estimate of drug-likeness (QED) is 0.173. The van der Waals surface area contributed by atoms with E-state index in [1.54, 1.807) is 36.8 Å². The first-order valence-corrected chi connectivity index (χ1v) is 13.4. The molecule has 0 spiro atoms. The van der Waals surface area contributed by atoms with Crippen LogP contribution in [0.25, 0.3) is 0 Å². The fraction of sp³-hybridized carbons (Fsp3) is 0.194. The van der Waals surface area contributed by atoms with Crippen LogP contribution in [0.15, 0.2) is 104 Å². The number of carbonyl (C=O) groups is 1. The topological polar surface area (TPSA) is 105 Å². The highest BCUT2D eigenvalue weighted by atomic mass is 19.4. The number of nitrogens with zero attached hydrogens (tertiary/aromatic N) is 4. The van der Waals surface area contributed by atoms with Crippen molar-refractivity contribution in [2.45, 2.75) is 31.7 Å². The number of halogens is 3. The fourth-order valence-electron chi connectivity index (χ4n) is 4.74. The van der Waals surface area contributed by atoms with E-state index in [-0.39, 0.29) is 18.3 Å². The van der Waals surface area contributed by atoms with Crippen LogP contribution in [0, 0.1) is 0 Å². The summed E-state index contributed by atoms with van der Waals surface area (Å²) >= 11 is 0. The number of alkyl halides is 3. The summed E-state index contributed by atoms with van der Waals surface area (Å²) in [5.74, 6) is -0.711. The predicted octanol–water partition coefficient (Wildman–Crippen LogP) is 5.83. The molecule has 2 aromatic heterocycles. The monoisotopic (exact) mass is 573 g/mol. The molecule has 3 aromatic carbocycles. The smallest absolute Gasteiger partial charge is 0.337 e. The maximum Gasteiger partial charge on any atom is 0.432 e. The molecule has 1 atom stereocenters. The third-order valence-electron chi connectivity index (χ3n) is 6.81. The Kier molecular flexibility index (Phi) is 8.80. The Morgan fingerprint density at radius 2 is 1.71 bits per heavy atom. The number of H-pyrrole nitrogens is 1. The van der Waals surface area contributed by atoms with E-state index in [0.717, 1.165) is 35.7 Å². The molecule has 0 fully saturated rings. The molecule has 8 nitrogen and oxygen atoms in total. The number of nitrogens with two attached hydrogens (primary N) is 1. The average Bonchev–Trinajstić information content (AvgIpc) is 3.71. The van der Waals surface area contributed by atoms with Crippen molar-refractivity contribution in [1.29, 1.82) is 0 Å². The van der Waals surface area contributed by atoms with Crippen molar-refractivity contribution in [2.24, 2.45) is 5.73 Å². The van der Waals surface area contributed by atoms with Gasteiger partial charge in [0.15, 0.2) is 5.69 Å². The molecule has 0 saturated carbocycles. The summed E-state index contributed by atoms with van der Waals surface area (Å²) in [6.45, 7) is 1.74. The summed E-state index contributed by atoms with van der Waals surface area (Å²) in [6, 6.07) is 24.9. The number of hydrogen-bond donors (Lipinski definition) is 3. The van der Waals surface area contributed by atoms with Crippen molar-refractivity contribution < 1.29 is 18.0 Å². The highest BCUT2D eigenvalue weighted by Crippen LogP contribution is 2.33. The van der Waals surface area contributed by atoms with E-state index >= 15 is 0 Å². The van der Waals surface area contributed by atoms with E-state index in [9.17, 15) is 18.0 Å². The second-order valence-electron chi connectivity index (χ2n) is 9.73. The molecule has 0 unspecified atom stereocenters. The number of imidazole rings is 1. The second kappa shape index (κ2) is 12.8. The van der Waals surface area contributed by atoms with Gasteiger partial charge in [-0.15, -0.1) is 0 Å². The lowest BCUT2D eigenvalue weighted by atomic mass is 9.97. The lowest BCUT2D eigenvalue weighted by Crippen LogP contribution is -2.28. The Hall–Kier alpha value is -4.74. The van der Waals surface area contributed by atoms with Crippen molar-refractivity contribution in [1.82, 2.24) is 25.1 Å². The lowest BCUT2D eigenvalue weighted by molar-refractivity contribution is -0.141. The number of carbonyl (C=O) groups excluding carboxylic acids is 1. The Morgan fingerprint density at radius 1 is 0.976 bits per heavy atom. The molecule has 42 heavy (non-hydrogen) atoms. The number of amides is 1. The van der Waals surface area contributed by atoms with Crippen molar-refractivity contribution in [2.75, 3.05) is 11.4 Å². The average molecular weight is 574 g/mol. The summed E-state index contributed by atoms with van der Waals surface area (Å²) < 4.78 is 41.9. The second-order valence-corrected chi connectivity index (χ2v) is 9.73. The van der Waals surface area contributed by atoms with Crippen LogP contribution >= 0.6 is 0 Å². The zero-order valence-corrected chi connectivity index (χ0v) is 22.6. The molecule has 216 valence electrons. The van der Waals surface area contributed by atoms with Crippen molar-refractivity contribution in [3.63, 3.8) is 0 Å². The summed E-state index contributed by atoms with van der Waals surface area (Å²) in [5.41, 5.74) is 8.01. The minimum Gasteiger partial charge on any atom is -0.337 e. The third-order valence-corrected chi connectivity index (χ3v) is 6.81. The van der Waals surface area contributed by atoms with Crippen LogP contribution in [0.2, 0.25) is 0 Å². The van der Waals surface area contributed by atoms with Gasteiger partial charge in [-0.2, -0.15) is 18.3 Å². The minimum absolute atomic E-state index is 0.205. The van der Waals surface area contributed by atoms with Crippen molar-refractivity contribution in [3.8, 4) is 0 Å². The zero-order valence-electron chi connectivity index (χ0n) is 22.6. The first kappa shape index (κ1) is 28.8. The number of nitrogens with one attached hydrogen (secondary N) is 2. The Balaban J connectivity index is 1.50. The summed E-state index contributed by atoms with van der Waals surface area (Å²) in [5, 5.41) is 9.26. The molecular weight excluding hydrogens is 543 g/mol. The first-order valence-electron chi connectivity index (χ1n) is 13.4. The van der Waals surface area contributed by atoms with E-state index in [1.807, 2.05) is 70.5 Å².